The fourth-order valence-corrected chi connectivity index (χ4v) is 6.39. The molecule has 1 aromatic carbocycles. The van der Waals surface area contributed by atoms with Crippen molar-refractivity contribution in [1.82, 2.24) is 14.2 Å². The Morgan fingerprint density at radius 2 is 1.97 bits per heavy atom. The van der Waals surface area contributed by atoms with E-state index in [4.69, 9.17) is 19.5 Å². The molecule has 1 amide bonds. The average molecular weight is 517 g/mol. The van der Waals surface area contributed by atoms with Crippen LogP contribution in [-0.2, 0) is 24.3 Å². The van der Waals surface area contributed by atoms with Gasteiger partial charge < -0.3 is 24.2 Å². The number of carboxylic acids is 1. The topological polar surface area (TPSA) is 159 Å². The molecular formula is C23H24N4O8S. The van der Waals surface area contributed by atoms with Gasteiger partial charge in [-0.15, -0.1) is 0 Å². The number of likely N-dealkylation sites (tertiary alicyclic amines) is 1. The Morgan fingerprint density at radius 1 is 1.22 bits per heavy atom. The summed E-state index contributed by atoms with van der Waals surface area (Å²) >= 11 is 0. The number of ether oxygens (including phenoxy) is 3. The third-order valence-corrected chi connectivity index (χ3v) is 8.17. The number of hydrogen-bond donors (Lipinski definition) is 1. The SMILES string of the molecule is COCCOC(=O)N1CC2CCC(C(=O)O)(C1)N2S(=O)(=O)c1ccc(Oc2ccc(C#N)cc2)nc1. The lowest BCUT2D eigenvalue weighted by Gasteiger charge is -2.44. The second kappa shape index (κ2) is 10.1. The lowest BCUT2D eigenvalue weighted by atomic mass is 9.97. The Hall–Kier alpha value is -3.73. The molecule has 2 fully saturated rings. The van der Waals surface area contributed by atoms with E-state index in [-0.39, 0.29) is 49.9 Å². The maximum absolute atomic E-state index is 13.6. The van der Waals surface area contributed by atoms with Gasteiger partial charge >= 0.3 is 12.1 Å². The van der Waals surface area contributed by atoms with Crippen molar-refractivity contribution in [2.45, 2.75) is 29.3 Å². The summed E-state index contributed by atoms with van der Waals surface area (Å²) in [5, 5.41) is 19.0. The van der Waals surface area contributed by atoms with Gasteiger partial charge in [-0.25, -0.2) is 18.2 Å². The molecule has 1 N–H and O–H groups in total. The number of nitriles is 1. The van der Waals surface area contributed by atoms with Crippen LogP contribution >= 0.6 is 0 Å². The number of amides is 1. The smallest absolute Gasteiger partial charge is 0.409 e. The number of hydrogen-bond acceptors (Lipinski definition) is 9. The number of nitrogens with zero attached hydrogens (tertiary/aromatic N) is 4. The number of piperazine rings is 1. The molecule has 2 saturated heterocycles. The number of carbonyl (C=O) groups is 2. The van der Waals surface area contributed by atoms with Gasteiger partial charge in [-0.05, 0) is 43.2 Å². The number of rotatable bonds is 8. The molecule has 2 aliphatic rings. The molecule has 0 spiro atoms. The highest BCUT2D eigenvalue weighted by Crippen LogP contribution is 2.43. The van der Waals surface area contributed by atoms with Gasteiger partial charge in [-0.2, -0.15) is 9.57 Å². The summed E-state index contributed by atoms with van der Waals surface area (Å²) in [6, 6.07) is 10.2. The summed E-state index contributed by atoms with van der Waals surface area (Å²) < 4.78 is 43.7. The van der Waals surface area contributed by atoms with Crippen LogP contribution in [-0.4, -0.2) is 84.8 Å². The summed E-state index contributed by atoms with van der Waals surface area (Å²) in [5.41, 5.74) is -1.36. The first-order valence-electron chi connectivity index (χ1n) is 11.0. The van der Waals surface area contributed by atoms with Crippen molar-refractivity contribution in [3.63, 3.8) is 0 Å². The molecule has 2 atom stereocenters. The lowest BCUT2D eigenvalue weighted by molar-refractivity contribution is -0.150. The van der Waals surface area contributed by atoms with Gasteiger partial charge in [0, 0.05) is 25.8 Å². The van der Waals surface area contributed by atoms with Gasteiger partial charge in [0.15, 0.2) is 5.54 Å². The van der Waals surface area contributed by atoms with E-state index < -0.39 is 33.7 Å². The third-order valence-electron chi connectivity index (χ3n) is 6.17. The molecule has 2 unspecified atom stereocenters. The van der Waals surface area contributed by atoms with Crippen LogP contribution in [0.1, 0.15) is 18.4 Å². The number of pyridine rings is 1. The second-order valence-electron chi connectivity index (χ2n) is 8.39. The maximum Gasteiger partial charge on any atom is 0.409 e. The van der Waals surface area contributed by atoms with Crippen molar-refractivity contribution in [2.24, 2.45) is 0 Å². The van der Waals surface area contributed by atoms with Crippen LogP contribution in [0.3, 0.4) is 0 Å². The molecule has 2 aliphatic heterocycles. The highest BCUT2D eigenvalue weighted by Gasteiger charge is 2.62. The Labute approximate surface area is 207 Å². The summed E-state index contributed by atoms with van der Waals surface area (Å²) in [6.45, 7) is -0.142. The van der Waals surface area contributed by atoms with Crippen LogP contribution in [0.15, 0.2) is 47.5 Å². The van der Waals surface area contributed by atoms with Gasteiger partial charge in [0.1, 0.15) is 17.3 Å². The predicted octanol–water partition coefficient (Wildman–Crippen LogP) is 1.82. The normalized spacial score (nSPS) is 21.6. The van der Waals surface area contributed by atoms with Gasteiger partial charge in [-0.1, -0.05) is 0 Å². The van der Waals surface area contributed by atoms with Crippen molar-refractivity contribution < 1.29 is 37.3 Å². The molecule has 0 saturated carbocycles. The van der Waals surface area contributed by atoms with E-state index in [0.29, 0.717) is 11.3 Å². The number of methoxy groups -OCH3 is 1. The van der Waals surface area contributed by atoms with E-state index in [1.165, 1.54) is 24.1 Å². The largest absolute Gasteiger partial charge is 0.480 e. The van der Waals surface area contributed by atoms with E-state index in [0.717, 1.165) is 10.5 Å². The molecule has 36 heavy (non-hydrogen) atoms. The van der Waals surface area contributed by atoms with Crippen molar-refractivity contribution in [3.8, 4) is 17.7 Å². The van der Waals surface area contributed by atoms with Crippen LogP contribution in [0.2, 0.25) is 0 Å². The fraction of sp³-hybridized carbons (Fsp3) is 0.391. The van der Waals surface area contributed by atoms with Gasteiger partial charge in [0.25, 0.3) is 0 Å². The summed E-state index contributed by atoms with van der Waals surface area (Å²) in [7, 11) is -2.81. The summed E-state index contributed by atoms with van der Waals surface area (Å²) in [5.74, 6) is -0.802. The number of fused-ring (bicyclic) bond motifs is 2. The zero-order valence-electron chi connectivity index (χ0n) is 19.4. The van der Waals surface area contributed by atoms with Crippen molar-refractivity contribution in [2.75, 3.05) is 33.4 Å². The van der Waals surface area contributed by atoms with E-state index in [1.54, 1.807) is 24.3 Å². The second-order valence-corrected chi connectivity index (χ2v) is 10.2. The number of sulfonamides is 1. The third kappa shape index (κ3) is 4.70. The number of aromatic nitrogens is 1. The van der Waals surface area contributed by atoms with Gasteiger partial charge in [0.2, 0.25) is 15.9 Å². The van der Waals surface area contributed by atoms with Crippen molar-refractivity contribution in [3.05, 3.63) is 48.2 Å². The van der Waals surface area contributed by atoms with Crippen molar-refractivity contribution in [1.29, 1.82) is 5.26 Å². The molecule has 2 bridgehead atoms. The molecule has 3 heterocycles. The Morgan fingerprint density at radius 3 is 2.58 bits per heavy atom. The monoisotopic (exact) mass is 516 g/mol. The summed E-state index contributed by atoms with van der Waals surface area (Å²) in [6.07, 6.45) is 0.726. The predicted molar refractivity (Wildman–Crippen MR) is 123 cm³/mol. The fourth-order valence-electron chi connectivity index (χ4n) is 4.48. The van der Waals surface area contributed by atoms with Gasteiger partial charge in [0.05, 0.1) is 31.0 Å². The molecule has 0 aliphatic carbocycles. The minimum atomic E-state index is -4.27. The summed E-state index contributed by atoms with van der Waals surface area (Å²) in [4.78, 5) is 30.0. The van der Waals surface area contributed by atoms with Crippen LogP contribution < -0.4 is 4.74 Å². The average Bonchev–Trinajstić information content (AvgIpc) is 3.13. The Balaban J connectivity index is 1.55. The maximum atomic E-state index is 13.6. The highest BCUT2D eigenvalue weighted by atomic mass is 32.2. The first-order valence-corrected chi connectivity index (χ1v) is 12.5. The Kier molecular flexibility index (Phi) is 7.11. The number of benzene rings is 1. The van der Waals surface area contributed by atoms with Crippen molar-refractivity contribution >= 4 is 22.1 Å². The van der Waals surface area contributed by atoms with Crippen LogP contribution in [0.25, 0.3) is 0 Å². The number of aliphatic carboxylic acids is 1. The van der Waals surface area contributed by atoms with Crippen LogP contribution in [0.4, 0.5) is 4.79 Å². The van der Waals surface area contributed by atoms with E-state index in [9.17, 15) is 23.1 Å². The first kappa shape index (κ1) is 25.4. The lowest BCUT2D eigenvalue weighted by Crippen LogP contribution is -2.67. The molecule has 190 valence electrons. The molecule has 13 heteroatoms. The highest BCUT2D eigenvalue weighted by molar-refractivity contribution is 7.89. The van der Waals surface area contributed by atoms with E-state index in [1.807, 2.05) is 6.07 Å². The van der Waals surface area contributed by atoms with Gasteiger partial charge in [-0.3, -0.25) is 4.79 Å². The zero-order chi connectivity index (χ0) is 25.9. The van der Waals surface area contributed by atoms with Crippen LogP contribution in [0.5, 0.6) is 11.6 Å². The van der Waals surface area contributed by atoms with E-state index in [2.05, 4.69) is 4.98 Å². The zero-order valence-corrected chi connectivity index (χ0v) is 20.2. The molecule has 12 nitrogen and oxygen atoms in total. The number of carboxylic acid groups (broad SMARTS) is 1. The molecule has 2 aromatic rings. The first-order chi connectivity index (χ1) is 17.2. The minimum Gasteiger partial charge on any atom is -0.480 e. The number of carbonyl (C=O) groups excluding carboxylic acids is 1. The molecular weight excluding hydrogens is 492 g/mol. The van der Waals surface area contributed by atoms with E-state index >= 15 is 0 Å². The molecule has 0 radical (unpaired) electrons. The Bertz CT molecular complexity index is 1280. The van der Waals surface area contributed by atoms with Crippen LogP contribution in [0, 0.1) is 11.3 Å². The molecule has 1 aromatic heterocycles. The standard InChI is InChI=1S/C23H24N4O8S/c1-33-10-11-34-22(30)26-14-17-8-9-23(15-26,21(28)29)27(17)36(31,32)19-6-7-20(25-13-19)35-18-4-2-16(12-24)3-5-18/h2-7,13,17H,8-11,14-15H2,1H3,(H,28,29). The minimum absolute atomic E-state index is 0.00113. The quantitative estimate of drug-likeness (QED) is 0.513. The molecule has 4 rings (SSSR count).